The molecule has 0 aliphatic heterocycles. The molecule has 17 heavy (non-hydrogen) atoms. The molecule has 0 amide bonds. The van der Waals surface area contributed by atoms with Crippen molar-refractivity contribution < 1.29 is 9.90 Å². The zero-order chi connectivity index (χ0) is 12.3. The molecule has 0 aromatic carbocycles. The summed E-state index contributed by atoms with van der Waals surface area (Å²) in [6.07, 6.45) is 4.52. The van der Waals surface area contributed by atoms with Gasteiger partial charge in [-0.25, -0.2) is 9.97 Å². The molecular weight excluding hydrogens is 218 g/mol. The van der Waals surface area contributed by atoms with Gasteiger partial charge in [0.25, 0.3) is 0 Å². The zero-order valence-corrected chi connectivity index (χ0v) is 9.50. The van der Waals surface area contributed by atoms with E-state index >= 15 is 0 Å². The number of carboxylic acid groups (broad SMARTS) is 1. The van der Waals surface area contributed by atoms with Crippen molar-refractivity contribution in [1.29, 1.82) is 0 Å². The van der Waals surface area contributed by atoms with Crippen molar-refractivity contribution in [3.63, 3.8) is 0 Å². The number of nitrogens with zero attached hydrogens (tertiary/aromatic N) is 3. The van der Waals surface area contributed by atoms with Gasteiger partial charge in [-0.3, -0.25) is 9.78 Å². The molecule has 2 aromatic heterocycles. The third kappa shape index (κ3) is 2.38. The van der Waals surface area contributed by atoms with Gasteiger partial charge in [0.05, 0.1) is 11.6 Å². The normalized spacial score (nSPS) is 12.5. The molecule has 5 heteroatoms. The van der Waals surface area contributed by atoms with E-state index in [1.807, 2.05) is 6.92 Å². The fraction of sp³-hybridized carbons (Fsp3) is 0.333. The zero-order valence-electron chi connectivity index (χ0n) is 9.50. The number of hydrogen-bond donors (Lipinski definition) is 1. The van der Waals surface area contributed by atoms with Crippen molar-refractivity contribution >= 4 is 17.1 Å². The van der Waals surface area contributed by atoms with Gasteiger partial charge in [-0.05, 0) is 18.6 Å². The third-order valence-electron chi connectivity index (χ3n) is 2.59. The first kappa shape index (κ1) is 11.4. The van der Waals surface area contributed by atoms with Crippen LogP contribution in [0.1, 0.15) is 31.4 Å². The molecule has 0 saturated heterocycles. The first-order chi connectivity index (χ1) is 8.22. The minimum absolute atomic E-state index is 0.493. The van der Waals surface area contributed by atoms with E-state index in [9.17, 15) is 4.79 Å². The minimum atomic E-state index is -0.845. The number of carbonyl (C=O) groups is 1. The Morgan fingerprint density at radius 1 is 1.35 bits per heavy atom. The monoisotopic (exact) mass is 231 g/mol. The Labute approximate surface area is 98.6 Å². The lowest BCUT2D eigenvalue weighted by atomic mass is 9.99. The molecule has 1 atom stereocenters. The number of hydrogen-bond acceptors (Lipinski definition) is 4. The topological polar surface area (TPSA) is 76.0 Å². The molecule has 2 rings (SSSR count). The Kier molecular flexibility index (Phi) is 3.27. The molecule has 0 aliphatic rings. The van der Waals surface area contributed by atoms with E-state index in [2.05, 4.69) is 15.0 Å². The highest BCUT2D eigenvalue weighted by atomic mass is 16.4. The van der Waals surface area contributed by atoms with E-state index in [-0.39, 0.29) is 0 Å². The highest BCUT2D eigenvalue weighted by molar-refractivity contribution is 5.77. The molecular formula is C12H13N3O2. The number of aromatic nitrogens is 3. The number of carboxylic acids is 1. The summed E-state index contributed by atoms with van der Waals surface area (Å²) in [7, 11) is 0. The number of aliphatic carboxylic acids is 1. The van der Waals surface area contributed by atoms with E-state index in [1.54, 1.807) is 24.5 Å². The molecule has 0 radical (unpaired) electrons. The summed E-state index contributed by atoms with van der Waals surface area (Å²) in [4.78, 5) is 23.6. The van der Waals surface area contributed by atoms with Crippen LogP contribution in [-0.2, 0) is 4.79 Å². The lowest BCUT2D eigenvalue weighted by molar-refractivity contribution is -0.139. The van der Waals surface area contributed by atoms with E-state index in [1.165, 1.54) is 0 Å². The lowest BCUT2D eigenvalue weighted by Crippen LogP contribution is -2.13. The summed E-state index contributed by atoms with van der Waals surface area (Å²) in [6.45, 7) is 1.96. The van der Waals surface area contributed by atoms with Crippen molar-refractivity contribution in [3.8, 4) is 0 Å². The fourth-order valence-electron chi connectivity index (χ4n) is 1.75. The van der Waals surface area contributed by atoms with Crippen molar-refractivity contribution in [2.75, 3.05) is 0 Å². The van der Waals surface area contributed by atoms with Gasteiger partial charge in [-0.2, -0.15) is 0 Å². The van der Waals surface area contributed by atoms with E-state index in [0.717, 1.165) is 6.42 Å². The third-order valence-corrected chi connectivity index (χ3v) is 2.59. The quantitative estimate of drug-likeness (QED) is 0.870. The molecule has 88 valence electrons. The second-order valence-electron chi connectivity index (χ2n) is 3.81. The second-order valence-corrected chi connectivity index (χ2v) is 3.81. The van der Waals surface area contributed by atoms with Crippen LogP contribution in [-0.4, -0.2) is 26.0 Å². The number of fused-ring (bicyclic) bond motifs is 1. The summed E-state index contributed by atoms with van der Waals surface area (Å²) in [6, 6.07) is 3.47. The van der Waals surface area contributed by atoms with Crippen LogP contribution in [0.15, 0.2) is 24.5 Å². The molecule has 1 unspecified atom stereocenters. The van der Waals surface area contributed by atoms with Gasteiger partial charge in [0.1, 0.15) is 5.52 Å². The largest absolute Gasteiger partial charge is 0.481 e. The maximum absolute atomic E-state index is 11.1. The summed E-state index contributed by atoms with van der Waals surface area (Å²) >= 11 is 0. The lowest BCUT2D eigenvalue weighted by Gasteiger charge is -2.10. The predicted molar refractivity (Wildman–Crippen MR) is 62.6 cm³/mol. The van der Waals surface area contributed by atoms with Crippen LogP contribution in [0.4, 0.5) is 0 Å². The van der Waals surface area contributed by atoms with Gasteiger partial charge in [0.2, 0.25) is 0 Å². The van der Waals surface area contributed by atoms with Crippen LogP contribution in [0, 0.1) is 0 Å². The van der Waals surface area contributed by atoms with Crippen molar-refractivity contribution in [3.05, 3.63) is 30.2 Å². The maximum atomic E-state index is 11.1. The Morgan fingerprint density at radius 2 is 2.12 bits per heavy atom. The first-order valence-corrected chi connectivity index (χ1v) is 5.53. The van der Waals surface area contributed by atoms with Crippen molar-refractivity contribution in [2.24, 2.45) is 0 Å². The Balaban J connectivity index is 2.43. The molecule has 2 aromatic rings. The number of rotatable bonds is 4. The number of pyridine rings is 1. The highest BCUT2D eigenvalue weighted by Crippen LogP contribution is 2.21. The van der Waals surface area contributed by atoms with Gasteiger partial charge >= 0.3 is 5.97 Å². The van der Waals surface area contributed by atoms with Gasteiger partial charge in [0.15, 0.2) is 5.65 Å². The maximum Gasteiger partial charge on any atom is 0.312 e. The van der Waals surface area contributed by atoms with Crippen LogP contribution in [0.5, 0.6) is 0 Å². The van der Waals surface area contributed by atoms with Gasteiger partial charge in [-0.15, -0.1) is 0 Å². The summed E-state index contributed by atoms with van der Waals surface area (Å²) < 4.78 is 0. The molecule has 0 bridgehead atoms. The van der Waals surface area contributed by atoms with E-state index in [4.69, 9.17) is 5.11 Å². The van der Waals surface area contributed by atoms with Crippen LogP contribution in [0.3, 0.4) is 0 Å². The smallest absolute Gasteiger partial charge is 0.312 e. The van der Waals surface area contributed by atoms with Crippen molar-refractivity contribution in [1.82, 2.24) is 15.0 Å². The minimum Gasteiger partial charge on any atom is -0.481 e. The average molecular weight is 231 g/mol. The van der Waals surface area contributed by atoms with Crippen LogP contribution >= 0.6 is 0 Å². The van der Waals surface area contributed by atoms with Crippen LogP contribution in [0.2, 0.25) is 0 Å². The summed E-state index contributed by atoms with van der Waals surface area (Å²) in [5.74, 6) is -1.41. The second kappa shape index (κ2) is 4.86. The summed E-state index contributed by atoms with van der Waals surface area (Å²) in [5, 5.41) is 9.15. The van der Waals surface area contributed by atoms with Gasteiger partial charge < -0.3 is 5.11 Å². The molecule has 0 aliphatic carbocycles. The molecule has 1 N–H and O–H groups in total. The predicted octanol–water partition coefficient (Wildman–Crippen LogP) is 1.99. The molecule has 2 heterocycles. The van der Waals surface area contributed by atoms with E-state index < -0.39 is 11.9 Å². The van der Waals surface area contributed by atoms with Crippen molar-refractivity contribution in [2.45, 2.75) is 25.7 Å². The Bertz CT molecular complexity index is 542. The molecule has 0 spiro atoms. The fourth-order valence-corrected chi connectivity index (χ4v) is 1.75. The van der Waals surface area contributed by atoms with Gasteiger partial charge in [0, 0.05) is 12.4 Å². The van der Waals surface area contributed by atoms with Crippen LogP contribution in [0.25, 0.3) is 11.2 Å². The molecule has 0 fully saturated rings. The highest BCUT2D eigenvalue weighted by Gasteiger charge is 2.20. The first-order valence-electron chi connectivity index (χ1n) is 5.53. The molecule has 5 nitrogen and oxygen atoms in total. The summed E-state index contributed by atoms with van der Waals surface area (Å²) in [5.41, 5.74) is 1.72. The van der Waals surface area contributed by atoms with Gasteiger partial charge in [-0.1, -0.05) is 13.3 Å². The van der Waals surface area contributed by atoms with E-state index in [0.29, 0.717) is 23.3 Å². The Morgan fingerprint density at radius 3 is 2.82 bits per heavy atom. The molecule has 0 saturated carbocycles. The standard InChI is InChI=1S/C12H13N3O2/c1-2-3-8(12(16)17)9-4-5-10-11(15-9)14-7-6-13-10/h4-8H,2-3H2,1H3,(H,16,17). The average Bonchev–Trinajstić information content (AvgIpc) is 2.35. The van der Waals surface area contributed by atoms with Crippen LogP contribution < -0.4 is 0 Å². The SMILES string of the molecule is CCCC(C(=O)O)c1ccc2nccnc2n1. The Hall–Kier alpha value is -2.04.